The van der Waals surface area contributed by atoms with Crippen LogP contribution in [0.2, 0.25) is 0 Å². The third-order valence-corrected chi connectivity index (χ3v) is 5.49. The van der Waals surface area contributed by atoms with E-state index in [0.717, 1.165) is 22.5 Å². The van der Waals surface area contributed by atoms with E-state index >= 15 is 0 Å². The minimum absolute atomic E-state index is 0.0334. The Hall–Kier alpha value is -3.46. The summed E-state index contributed by atoms with van der Waals surface area (Å²) in [7, 11) is 1.24. The van der Waals surface area contributed by atoms with Crippen LogP contribution in [0.15, 0.2) is 34.9 Å². The second-order valence-corrected chi connectivity index (χ2v) is 7.39. The molecule has 0 fully saturated rings. The molecule has 30 heavy (non-hydrogen) atoms. The third kappa shape index (κ3) is 4.25. The van der Waals surface area contributed by atoms with Crippen molar-refractivity contribution >= 4 is 34.2 Å². The monoisotopic (exact) mass is 428 g/mol. The van der Waals surface area contributed by atoms with Crippen LogP contribution >= 0.6 is 11.3 Å². The van der Waals surface area contributed by atoms with E-state index < -0.39 is 17.8 Å². The molecule has 0 atom stereocenters. The Labute approximate surface area is 176 Å². The average Bonchev–Trinajstić information content (AvgIpc) is 3.33. The fourth-order valence-electron chi connectivity index (χ4n) is 2.74. The Bertz CT molecular complexity index is 1100. The van der Waals surface area contributed by atoms with Crippen molar-refractivity contribution in [2.75, 3.05) is 19.0 Å². The summed E-state index contributed by atoms with van der Waals surface area (Å²) in [5, 5.41) is 6.62. The molecule has 0 aliphatic heterocycles. The number of carbonyl (C=O) groups is 3. The Kier molecular flexibility index (Phi) is 6.31. The number of esters is 2. The second kappa shape index (κ2) is 8.91. The molecule has 0 aliphatic rings. The number of nitrogens with zero attached hydrogens (tertiary/aromatic N) is 1. The van der Waals surface area contributed by atoms with Crippen molar-refractivity contribution in [2.24, 2.45) is 0 Å². The van der Waals surface area contributed by atoms with Crippen molar-refractivity contribution in [1.29, 1.82) is 0 Å². The number of benzene rings is 1. The van der Waals surface area contributed by atoms with Crippen LogP contribution in [-0.2, 0) is 9.47 Å². The maximum absolute atomic E-state index is 12.7. The summed E-state index contributed by atoms with van der Waals surface area (Å²) < 4.78 is 15.1. The maximum Gasteiger partial charge on any atom is 0.348 e. The van der Waals surface area contributed by atoms with Gasteiger partial charge in [-0.2, -0.15) is 0 Å². The molecule has 0 radical (unpaired) electrons. The van der Waals surface area contributed by atoms with E-state index in [9.17, 15) is 14.4 Å². The van der Waals surface area contributed by atoms with Crippen molar-refractivity contribution in [3.05, 3.63) is 57.6 Å². The number of aryl methyl sites for hydroxylation is 1. The minimum Gasteiger partial charge on any atom is -0.465 e. The number of rotatable bonds is 6. The number of aromatic nitrogens is 1. The number of anilines is 1. The van der Waals surface area contributed by atoms with E-state index in [1.165, 1.54) is 13.2 Å². The van der Waals surface area contributed by atoms with E-state index in [2.05, 4.69) is 10.5 Å². The Morgan fingerprint density at radius 3 is 2.47 bits per heavy atom. The van der Waals surface area contributed by atoms with Crippen LogP contribution in [0.1, 0.15) is 48.6 Å². The highest BCUT2D eigenvalue weighted by Gasteiger charge is 2.28. The van der Waals surface area contributed by atoms with Crippen LogP contribution in [0.3, 0.4) is 0 Å². The summed E-state index contributed by atoms with van der Waals surface area (Å²) >= 11 is 0.935. The molecule has 0 bridgehead atoms. The van der Waals surface area contributed by atoms with Gasteiger partial charge >= 0.3 is 11.9 Å². The Balaban J connectivity index is 1.90. The molecule has 0 aliphatic carbocycles. The van der Waals surface area contributed by atoms with Crippen LogP contribution in [0, 0.1) is 13.8 Å². The van der Waals surface area contributed by atoms with Crippen molar-refractivity contribution in [3.63, 3.8) is 0 Å². The summed E-state index contributed by atoms with van der Waals surface area (Å²) in [6.45, 7) is 5.38. The molecule has 0 spiro atoms. The van der Waals surface area contributed by atoms with Gasteiger partial charge in [-0.25, -0.2) is 9.59 Å². The average molecular weight is 428 g/mol. The van der Waals surface area contributed by atoms with Gasteiger partial charge in [0.1, 0.15) is 9.88 Å². The number of methoxy groups -OCH3 is 1. The number of amides is 1. The van der Waals surface area contributed by atoms with Gasteiger partial charge < -0.3 is 19.3 Å². The topological polar surface area (TPSA) is 108 Å². The lowest BCUT2D eigenvalue weighted by Crippen LogP contribution is -2.15. The van der Waals surface area contributed by atoms with Crippen molar-refractivity contribution < 1.29 is 28.4 Å². The summed E-state index contributed by atoms with van der Waals surface area (Å²) in [6.07, 6.45) is 0. The molecule has 0 unspecified atom stereocenters. The normalized spacial score (nSPS) is 10.5. The number of thiophene rings is 1. The first-order chi connectivity index (χ1) is 14.3. The van der Waals surface area contributed by atoms with Crippen LogP contribution in [0.4, 0.5) is 5.00 Å². The summed E-state index contributed by atoms with van der Waals surface area (Å²) in [4.78, 5) is 37.3. The molecule has 9 heteroatoms. The van der Waals surface area contributed by atoms with Gasteiger partial charge in [-0.1, -0.05) is 35.0 Å². The SMILES string of the molecule is CCOC(=O)c1c(NC(=O)c2cc(-c3ccc(C)cc3)on2)sc(C(=O)OC)c1C. The molecule has 2 heterocycles. The lowest BCUT2D eigenvalue weighted by molar-refractivity contribution is 0.0527. The van der Waals surface area contributed by atoms with Gasteiger partial charge in [-0.05, 0) is 26.3 Å². The van der Waals surface area contributed by atoms with Gasteiger partial charge in [0.25, 0.3) is 5.91 Å². The van der Waals surface area contributed by atoms with Crippen molar-refractivity contribution in [1.82, 2.24) is 5.16 Å². The quantitative estimate of drug-likeness (QED) is 0.585. The molecule has 1 aromatic carbocycles. The third-order valence-electron chi connectivity index (χ3n) is 4.30. The number of carbonyl (C=O) groups excluding carboxylic acids is 3. The zero-order valence-electron chi connectivity index (χ0n) is 16.9. The van der Waals surface area contributed by atoms with E-state index in [4.69, 9.17) is 14.0 Å². The molecule has 2 aromatic heterocycles. The molecule has 3 rings (SSSR count). The number of nitrogens with one attached hydrogen (secondary N) is 1. The fraction of sp³-hybridized carbons (Fsp3) is 0.238. The predicted octanol–water partition coefficient (Wildman–Crippen LogP) is 4.24. The summed E-state index contributed by atoms with van der Waals surface area (Å²) in [5.74, 6) is -1.40. The van der Waals surface area contributed by atoms with Gasteiger partial charge in [-0.15, -0.1) is 11.3 Å². The first-order valence-corrected chi connectivity index (χ1v) is 9.91. The lowest BCUT2D eigenvalue weighted by Gasteiger charge is -2.05. The minimum atomic E-state index is -0.641. The largest absolute Gasteiger partial charge is 0.465 e. The lowest BCUT2D eigenvalue weighted by atomic mass is 10.1. The Morgan fingerprint density at radius 1 is 1.13 bits per heavy atom. The zero-order chi connectivity index (χ0) is 21.8. The summed E-state index contributed by atoms with van der Waals surface area (Å²) in [6, 6.07) is 9.08. The highest BCUT2D eigenvalue weighted by atomic mass is 32.1. The summed E-state index contributed by atoms with van der Waals surface area (Å²) in [5.41, 5.74) is 2.39. The number of hydrogen-bond acceptors (Lipinski definition) is 8. The van der Waals surface area contributed by atoms with Crippen LogP contribution in [0.25, 0.3) is 11.3 Å². The van der Waals surface area contributed by atoms with Gasteiger partial charge in [0.2, 0.25) is 0 Å². The molecule has 156 valence electrons. The van der Waals surface area contributed by atoms with Crippen molar-refractivity contribution in [3.8, 4) is 11.3 Å². The smallest absolute Gasteiger partial charge is 0.348 e. The van der Waals surface area contributed by atoms with E-state index in [1.807, 2.05) is 31.2 Å². The first-order valence-electron chi connectivity index (χ1n) is 9.09. The Morgan fingerprint density at radius 2 is 1.83 bits per heavy atom. The van der Waals surface area contributed by atoms with Crippen LogP contribution < -0.4 is 5.32 Å². The molecule has 0 saturated carbocycles. The maximum atomic E-state index is 12.7. The van der Waals surface area contributed by atoms with E-state index in [0.29, 0.717) is 11.3 Å². The van der Waals surface area contributed by atoms with Gasteiger partial charge in [0.15, 0.2) is 11.5 Å². The second-order valence-electron chi connectivity index (χ2n) is 6.37. The predicted molar refractivity (Wildman–Crippen MR) is 111 cm³/mol. The fourth-order valence-corrected chi connectivity index (χ4v) is 3.85. The van der Waals surface area contributed by atoms with Gasteiger partial charge in [0, 0.05) is 11.6 Å². The molecule has 3 aromatic rings. The van der Waals surface area contributed by atoms with Gasteiger partial charge in [0.05, 0.1) is 19.3 Å². The molecular weight excluding hydrogens is 408 g/mol. The molecule has 1 N–H and O–H groups in total. The van der Waals surface area contributed by atoms with E-state index in [-0.39, 0.29) is 27.7 Å². The number of ether oxygens (including phenoxy) is 2. The van der Waals surface area contributed by atoms with E-state index in [1.54, 1.807) is 13.8 Å². The van der Waals surface area contributed by atoms with Crippen LogP contribution in [-0.4, -0.2) is 36.7 Å². The van der Waals surface area contributed by atoms with Crippen molar-refractivity contribution in [2.45, 2.75) is 20.8 Å². The standard InChI is InChI=1S/C21H20N2O6S/c1-5-28-20(25)16-12(3)17(21(26)27-4)30-19(16)22-18(24)14-10-15(29-23-14)13-8-6-11(2)7-9-13/h6-10H,5H2,1-4H3,(H,22,24). The zero-order valence-corrected chi connectivity index (χ0v) is 17.7. The van der Waals surface area contributed by atoms with Gasteiger partial charge in [-0.3, -0.25) is 4.79 Å². The molecule has 1 amide bonds. The van der Waals surface area contributed by atoms with Crippen LogP contribution in [0.5, 0.6) is 0 Å². The number of hydrogen-bond donors (Lipinski definition) is 1. The molecule has 0 saturated heterocycles. The molecular formula is C21H20N2O6S. The highest BCUT2D eigenvalue weighted by molar-refractivity contribution is 7.18. The highest BCUT2D eigenvalue weighted by Crippen LogP contribution is 2.34. The first kappa shape index (κ1) is 21.3. The molecule has 8 nitrogen and oxygen atoms in total.